The number of aromatic nitrogens is 1. The van der Waals surface area contributed by atoms with Crippen molar-refractivity contribution in [2.75, 3.05) is 0 Å². The number of halogens is 2. The van der Waals surface area contributed by atoms with E-state index in [2.05, 4.69) is 25.6 Å². The van der Waals surface area contributed by atoms with E-state index < -0.39 is 15.6 Å². The molecule has 0 aliphatic rings. The molecule has 19 heavy (non-hydrogen) atoms. The van der Waals surface area contributed by atoms with Crippen molar-refractivity contribution in [3.63, 3.8) is 0 Å². The van der Waals surface area contributed by atoms with Gasteiger partial charge in [0.15, 0.2) is 0 Å². The summed E-state index contributed by atoms with van der Waals surface area (Å²) in [4.78, 5) is 3.85. The van der Waals surface area contributed by atoms with Gasteiger partial charge in [0.1, 0.15) is 10.0 Å². The first kappa shape index (κ1) is 16.9. The fourth-order valence-corrected chi connectivity index (χ4v) is 4.46. The molecule has 1 N–H and O–H groups in total. The maximum Gasteiger partial charge on any atom is 0.244 e. The smallest absolute Gasteiger partial charge is 0.242 e. The molecule has 0 bridgehead atoms. The van der Waals surface area contributed by atoms with Crippen LogP contribution in [0.1, 0.15) is 40.0 Å². The van der Waals surface area contributed by atoms with Crippen molar-refractivity contribution in [3.8, 4) is 0 Å². The average Bonchev–Trinajstić information content (AvgIpc) is 2.39. The summed E-state index contributed by atoms with van der Waals surface area (Å²) < 4.78 is 28.2. The van der Waals surface area contributed by atoms with Gasteiger partial charge in [-0.25, -0.2) is 18.1 Å². The lowest BCUT2D eigenvalue weighted by atomic mass is 9.91. The van der Waals surface area contributed by atoms with Crippen molar-refractivity contribution >= 4 is 37.6 Å². The Hall–Kier alpha value is -0.170. The Bertz CT molecular complexity index is 536. The van der Waals surface area contributed by atoms with Crippen LogP contribution in [0.15, 0.2) is 21.6 Å². The minimum Gasteiger partial charge on any atom is -0.242 e. The minimum atomic E-state index is -3.68. The molecule has 7 heteroatoms. The first-order valence-corrected chi connectivity index (χ1v) is 8.80. The third kappa shape index (κ3) is 3.90. The molecule has 0 spiro atoms. The molecule has 0 fully saturated rings. The molecular weight excluding hydrogens is 352 g/mol. The van der Waals surface area contributed by atoms with E-state index >= 15 is 0 Å². The van der Waals surface area contributed by atoms with Crippen LogP contribution >= 0.6 is 27.5 Å². The Kier molecular flexibility index (Phi) is 5.79. The molecule has 108 valence electrons. The molecule has 0 radical (unpaired) electrons. The van der Waals surface area contributed by atoms with E-state index in [1.165, 1.54) is 12.3 Å². The van der Waals surface area contributed by atoms with Gasteiger partial charge in [-0.15, -0.1) is 0 Å². The van der Waals surface area contributed by atoms with Crippen LogP contribution in [0.3, 0.4) is 0 Å². The maximum atomic E-state index is 12.4. The van der Waals surface area contributed by atoms with E-state index in [-0.39, 0.29) is 10.0 Å². The highest BCUT2D eigenvalue weighted by atomic mass is 79.9. The highest BCUT2D eigenvalue weighted by Gasteiger charge is 2.31. The highest BCUT2D eigenvalue weighted by molar-refractivity contribution is 9.10. The lowest BCUT2D eigenvalue weighted by Crippen LogP contribution is -2.47. The van der Waals surface area contributed by atoms with Crippen LogP contribution in [0.4, 0.5) is 0 Å². The second kappa shape index (κ2) is 6.52. The predicted molar refractivity (Wildman–Crippen MR) is 80.9 cm³/mol. The Labute approximate surface area is 128 Å². The van der Waals surface area contributed by atoms with Crippen LogP contribution in [-0.2, 0) is 10.0 Å². The van der Waals surface area contributed by atoms with Crippen LogP contribution in [0.25, 0.3) is 0 Å². The van der Waals surface area contributed by atoms with Gasteiger partial charge >= 0.3 is 0 Å². The summed E-state index contributed by atoms with van der Waals surface area (Å²) in [5.41, 5.74) is -0.440. The molecule has 1 aromatic heterocycles. The minimum absolute atomic E-state index is 0.00302. The van der Waals surface area contributed by atoms with E-state index in [1.54, 1.807) is 0 Å². The van der Waals surface area contributed by atoms with Crippen LogP contribution in [0.2, 0.25) is 5.15 Å². The fraction of sp³-hybridized carbons (Fsp3) is 0.583. The van der Waals surface area contributed by atoms with Crippen molar-refractivity contribution in [1.82, 2.24) is 9.71 Å². The van der Waals surface area contributed by atoms with Crippen molar-refractivity contribution < 1.29 is 8.42 Å². The molecule has 4 nitrogen and oxygen atoms in total. The Morgan fingerprint density at radius 2 is 1.84 bits per heavy atom. The van der Waals surface area contributed by atoms with Gasteiger partial charge in [0.2, 0.25) is 10.0 Å². The van der Waals surface area contributed by atoms with E-state index in [1.807, 2.05) is 20.8 Å². The van der Waals surface area contributed by atoms with E-state index in [0.29, 0.717) is 4.47 Å². The molecular formula is C12H18BrClN2O2S. The quantitative estimate of drug-likeness (QED) is 0.777. The number of nitrogens with one attached hydrogen (secondary N) is 1. The fourth-order valence-electron chi connectivity index (χ4n) is 1.90. The predicted octanol–water partition coefficient (Wildman–Crippen LogP) is 3.74. The third-order valence-corrected chi connectivity index (χ3v) is 5.88. The van der Waals surface area contributed by atoms with Gasteiger partial charge in [-0.2, -0.15) is 0 Å². The molecule has 0 amide bonds. The van der Waals surface area contributed by atoms with Gasteiger partial charge in [0, 0.05) is 16.2 Å². The maximum absolute atomic E-state index is 12.4. The zero-order chi connectivity index (χ0) is 14.7. The molecule has 0 saturated carbocycles. The second-order valence-electron chi connectivity index (χ2n) is 4.39. The van der Waals surface area contributed by atoms with Gasteiger partial charge in [0.05, 0.1) is 0 Å². The van der Waals surface area contributed by atoms with Gasteiger partial charge < -0.3 is 0 Å². The standard InChI is InChI=1S/C12H18BrClN2O2S/c1-4-12(5-2,6-3)16-19(17,18)10-7-9(13)8-15-11(10)14/h7-8,16H,4-6H2,1-3H3. The van der Waals surface area contributed by atoms with Crippen LogP contribution in [-0.4, -0.2) is 18.9 Å². The molecule has 1 aromatic rings. The third-order valence-electron chi connectivity index (χ3n) is 3.44. The Morgan fingerprint density at radius 3 is 2.32 bits per heavy atom. The summed E-state index contributed by atoms with van der Waals surface area (Å²) in [6.45, 7) is 5.91. The van der Waals surface area contributed by atoms with Gasteiger partial charge in [0.25, 0.3) is 0 Å². The first-order valence-electron chi connectivity index (χ1n) is 6.15. The molecule has 1 heterocycles. The summed E-state index contributed by atoms with van der Waals surface area (Å²) in [5.74, 6) is 0. The van der Waals surface area contributed by atoms with Crippen molar-refractivity contribution in [2.45, 2.75) is 50.5 Å². The lowest BCUT2D eigenvalue weighted by Gasteiger charge is -2.31. The molecule has 0 aromatic carbocycles. The molecule has 0 unspecified atom stereocenters. The summed E-state index contributed by atoms with van der Waals surface area (Å²) in [6.07, 6.45) is 3.63. The Morgan fingerprint density at radius 1 is 1.32 bits per heavy atom. The van der Waals surface area contributed by atoms with Gasteiger partial charge in [-0.05, 0) is 41.3 Å². The van der Waals surface area contributed by atoms with Gasteiger partial charge in [-0.1, -0.05) is 32.4 Å². The number of rotatable bonds is 6. The largest absolute Gasteiger partial charge is 0.244 e. The number of pyridine rings is 1. The lowest BCUT2D eigenvalue weighted by molar-refractivity contribution is 0.341. The van der Waals surface area contributed by atoms with Crippen LogP contribution in [0, 0.1) is 0 Å². The molecule has 1 rings (SSSR count). The van der Waals surface area contributed by atoms with Crippen LogP contribution < -0.4 is 4.72 Å². The molecule has 0 aliphatic carbocycles. The van der Waals surface area contributed by atoms with Crippen molar-refractivity contribution in [1.29, 1.82) is 0 Å². The molecule has 0 atom stereocenters. The first-order chi connectivity index (χ1) is 8.80. The average molecular weight is 370 g/mol. The summed E-state index contributed by atoms with van der Waals surface area (Å²) >= 11 is 9.09. The zero-order valence-corrected chi connectivity index (χ0v) is 14.4. The monoisotopic (exact) mass is 368 g/mol. The molecule has 0 aliphatic heterocycles. The highest BCUT2D eigenvalue weighted by Crippen LogP contribution is 2.27. The SMILES string of the molecule is CCC(CC)(CC)NS(=O)(=O)c1cc(Br)cnc1Cl. The van der Waals surface area contributed by atoms with E-state index in [4.69, 9.17) is 11.6 Å². The molecule has 0 saturated heterocycles. The summed E-state index contributed by atoms with van der Waals surface area (Å²) in [7, 11) is -3.68. The number of sulfonamides is 1. The second-order valence-corrected chi connectivity index (χ2v) is 7.31. The summed E-state index contributed by atoms with van der Waals surface area (Å²) in [6, 6.07) is 1.46. The van der Waals surface area contributed by atoms with Crippen molar-refractivity contribution in [2.24, 2.45) is 0 Å². The van der Waals surface area contributed by atoms with E-state index in [9.17, 15) is 8.42 Å². The number of hydrogen-bond donors (Lipinski definition) is 1. The normalized spacial score (nSPS) is 12.7. The number of hydrogen-bond acceptors (Lipinski definition) is 3. The van der Waals surface area contributed by atoms with Gasteiger partial charge in [-0.3, -0.25) is 0 Å². The van der Waals surface area contributed by atoms with Crippen molar-refractivity contribution in [3.05, 3.63) is 21.9 Å². The number of nitrogens with zero attached hydrogens (tertiary/aromatic N) is 1. The topological polar surface area (TPSA) is 59.1 Å². The summed E-state index contributed by atoms with van der Waals surface area (Å²) in [5, 5.41) is -0.0205. The Balaban J connectivity index is 3.21. The zero-order valence-electron chi connectivity index (χ0n) is 11.2. The van der Waals surface area contributed by atoms with E-state index in [0.717, 1.165) is 19.3 Å². The van der Waals surface area contributed by atoms with Crippen LogP contribution in [0.5, 0.6) is 0 Å².